The van der Waals surface area contributed by atoms with E-state index in [2.05, 4.69) is 35.8 Å². The minimum Gasteiger partial charge on any atom is -0.314 e. The highest BCUT2D eigenvalue weighted by molar-refractivity contribution is 9.10. The van der Waals surface area contributed by atoms with Crippen LogP contribution in [-0.2, 0) is 23.0 Å². The van der Waals surface area contributed by atoms with E-state index in [-0.39, 0.29) is 4.90 Å². The summed E-state index contributed by atoms with van der Waals surface area (Å²) in [6, 6.07) is 1.06. The number of pyridine rings is 1. The van der Waals surface area contributed by atoms with Crippen LogP contribution in [0, 0.1) is 0 Å². The maximum absolute atomic E-state index is 12.4. The van der Waals surface area contributed by atoms with Crippen LogP contribution < -0.4 is 4.72 Å². The van der Waals surface area contributed by atoms with E-state index >= 15 is 0 Å². The molecule has 1 unspecified atom stereocenters. The molecule has 1 atom stereocenters. The smallest absolute Gasteiger partial charge is 0.242 e. The van der Waals surface area contributed by atoms with E-state index in [0.717, 1.165) is 25.2 Å². The summed E-state index contributed by atoms with van der Waals surface area (Å²) in [6.07, 6.45) is 4.76. The Morgan fingerprint density at radius 3 is 2.95 bits per heavy atom. The zero-order valence-corrected chi connectivity index (χ0v) is 13.7. The van der Waals surface area contributed by atoms with Crippen LogP contribution >= 0.6 is 15.9 Å². The molecule has 0 fully saturated rings. The van der Waals surface area contributed by atoms with Crippen LogP contribution in [-0.4, -0.2) is 28.2 Å². The second-order valence-corrected chi connectivity index (χ2v) is 7.54. The van der Waals surface area contributed by atoms with Gasteiger partial charge in [0.15, 0.2) is 5.82 Å². The van der Waals surface area contributed by atoms with Crippen LogP contribution in [0.15, 0.2) is 27.8 Å². The first-order valence-corrected chi connectivity index (χ1v) is 8.80. The highest BCUT2D eigenvalue weighted by Crippen LogP contribution is 2.21. The molecule has 0 saturated carbocycles. The Morgan fingerprint density at radius 1 is 1.38 bits per heavy atom. The van der Waals surface area contributed by atoms with Gasteiger partial charge in [0.2, 0.25) is 10.0 Å². The second-order valence-electron chi connectivity index (χ2n) is 4.91. The van der Waals surface area contributed by atoms with Crippen molar-refractivity contribution in [1.82, 2.24) is 24.5 Å². The molecule has 0 aliphatic carbocycles. The zero-order valence-electron chi connectivity index (χ0n) is 11.3. The Morgan fingerprint density at radius 2 is 2.19 bits per heavy atom. The van der Waals surface area contributed by atoms with Crippen molar-refractivity contribution < 1.29 is 8.42 Å². The number of aryl methyl sites for hydroxylation is 1. The molecule has 0 radical (unpaired) electrons. The lowest BCUT2D eigenvalue weighted by atomic mass is 10.3. The Kier molecular flexibility index (Phi) is 3.80. The lowest BCUT2D eigenvalue weighted by Gasteiger charge is -2.14. The Balaban J connectivity index is 1.85. The Labute approximate surface area is 131 Å². The molecule has 2 aromatic heterocycles. The summed E-state index contributed by atoms with van der Waals surface area (Å²) < 4.78 is 29.9. The lowest BCUT2D eigenvalue weighted by Crippen LogP contribution is -2.29. The van der Waals surface area contributed by atoms with Gasteiger partial charge in [-0.1, -0.05) is 0 Å². The first-order valence-electron chi connectivity index (χ1n) is 6.52. The van der Waals surface area contributed by atoms with Crippen molar-refractivity contribution in [3.05, 3.63) is 34.6 Å². The number of nitrogens with one attached hydrogen (secondary N) is 1. The monoisotopic (exact) mass is 371 g/mol. The van der Waals surface area contributed by atoms with Gasteiger partial charge in [-0.25, -0.2) is 13.1 Å². The number of aromatic nitrogens is 4. The fourth-order valence-corrected chi connectivity index (χ4v) is 4.09. The predicted octanol–water partition coefficient (Wildman–Crippen LogP) is 1.42. The molecule has 0 aromatic carbocycles. The number of fused-ring (bicyclic) bond motifs is 1. The van der Waals surface area contributed by atoms with Crippen molar-refractivity contribution in [3.63, 3.8) is 0 Å². The Hall–Kier alpha value is -1.32. The average molecular weight is 372 g/mol. The molecule has 0 saturated heterocycles. The quantitative estimate of drug-likeness (QED) is 0.877. The van der Waals surface area contributed by atoms with Crippen molar-refractivity contribution in [2.24, 2.45) is 0 Å². The van der Waals surface area contributed by atoms with Crippen LogP contribution in [0.25, 0.3) is 0 Å². The topological polar surface area (TPSA) is 89.8 Å². The summed E-state index contributed by atoms with van der Waals surface area (Å²) in [5.74, 6) is 1.56. The molecule has 0 bridgehead atoms. The summed E-state index contributed by atoms with van der Waals surface area (Å²) in [4.78, 5) is 3.99. The van der Waals surface area contributed by atoms with Crippen molar-refractivity contribution in [3.8, 4) is 0 Å². The third-order valence-corrected chi connectivity index (χ3v) is 5.29. The third kappa shape index (κ3) is 2.85. The third-order valence-electron chi connectivity index (χ3n) is 3.35. The van der Waals surface area contributed by atoms with E-state index < -0.39 is 16.1 Å². The largest absolute Gasteiger partial charge is 0.314 e. The Bertz CT molecular complexity index is 774. The van der Waals surface area contributed by atoms with Gasteiger partial charge in [-0.15, -0.1) is 10.2 Å². The molecule has 2 aromatic rings. The molecule has 0 spiro atoms. The van der Waals surface area contributed by atoms with Crippen molar-refractivity contribution >= 4 is 26.0 Å². The van der Waals surface area contributed by atoms with Crippen molar-refractivity contribution in [2.75, 3.05) is 0 Å². The van der Waals surface area contributed by atoms with Gasteiger partial charge in [0, 0.05) is 29.8 Å². The van der Waals surface area contributed by atoms with Crippen LogP contribution in [0.1, 0.15) is 31.0 Å². The van der Waals surface area contributed by atoms with Crippen molar-refractivity contribution in [2.45, 2.75) is 37.2 Å². The van der Waals surface area contributed by atoms with E-state index in [1.54, 1.807) is 6.92 Å². The fourth-order valence-electron chi connectivity index (χ4n) is 2.39. The lowest BCUT2D eigenvalue weighted by molar-refractivity contribution is 0.546. The molecule has 112 valence electrons. The van der Waals surface area contributed by atoms with E-state index in [4.69, 9.17) is 0 Å². The van der Waals surface area contributed by atoms with Gasteiger partial charge in [0.25, 0.3) is 0 Å². The molecule has 3 heterocycles. The number of rotatable bonds is 4. The van der Waals surface area contributed by atoms with Gasteiger partial charge >= 0.3 is 0 Å². The second kappa shape index (κ2) is 5.47. The van der Waals surface area contributed by atoms with Gasteiger partial charge < -0.3 is 4.57 Å². The number of sulfonamides is 1. The first kappa shape index (κ1) is 14.6. The summed E-state index contributed by atoms with van der Waals surface area (Å²) in [5, 5.41) is 8.19. The summed E-state index contributed by atoms with van der Waals surface area (Å²) >= 11 is 3.22. The van der Waals surface area contributed by atoms with E-state index in [0.29, 0.717) is 10.3 Å². The summed E-state index contributed by atoms with van der Waals surface area (Å²) in [6.45, 7) is 2.60. The van der Waals surface area contributed by atoms with Gasteiger partial charge in [-0.2, -0.15) is 0 Å². The molecule has 1 aliphatic heterocycles. The molecule has 9 heteroatoms. The van der Waals surface area contributed by atoms with Gasteiger partial charge in [0.1, 0.15) is 10.7 Å². The van der Waals surface area contributed by atoms with Crippen LogP contribution in [0.3, 0.4) is 0 Å². The number of hydrogen-bond acceptors (Lipinski definition) is 5. The highest BCUT2D eigenvalue weighted by Gasteiger charge is 2.25. The molecule has 3 rings (SSSR count). The van der Waals surface area contributed by atoms with Crippen LogP contribution in [0.4, 0.5) is 0 Å². The van der Waals surface area contributed by atoms with Gasteiger partial charge in [-0.3, -0.25) is 4.98 Å². The maximum Gasteiger partial charge on any atom is 0.242 e. The van der Waals surface area contributed by atoms with Crippen LogP contribution in [0.5, 0.6) is 0 Å². The predicted molar refractivity (Wildman–Crippen MR) is 79.0 cm³/mol. The molecule has 0 amide bonds. The molecule has 1 N–H and O–H groups in total. The normalized spacial score (nSPS) is 15.9. The summed E-state index contributed by atoms with van der Waals surface area (Å²) in [5.41, 5.74) is 0. The van der Waals surface area contributed by atoms with Gasteiger partial charge in [-0.05, 0) is 35.3 Å². The molecule has 7 nitrogen and oxygen atoms in total. The fraction of sp³-hybridized carbons (Fsp3) is 0.417. The molecular weight excluding hydrogens is 358 g/mol. The van der Waals surface area contributed by atoms with Gasteiger partial charge in [0.05, 0.1) is 6.04 Å². The number of halogens is 1. The highest BCUT2D eigenvalue weighted by atomic mass is 79.9. The van der Waals surface area contributed by atoms with Crippen molar-refractivity contribution in [1.29, 1.82) is 0 Å². The SMILES string of the molecule is CC(NS(=O)(=O)c1cncc(Br)c1)c1nnc2n1CCC2. The van der Waals surface area contributed by atoms with E-state index in [1.165, 1.54) is 18.5 Å². The zero-order chi connectivity index (χ0) is 15.0. The number of nitrogens with zero attached hydrogens (tertiary/aromatic N) is 4. The van der Waals surface area contributed by atoms with Crippen LogP contribution in [0.2, 0.25) is 0 Å². The van der Waals surface area contributed by atoms with E-state index in [1.807, 2.05) is 4.57 Å². The minimum atomic E-state index is -3.65. The molecular formula is C12H14BrN5O2S. The molecule has 21 heavy (non-hydrogen) atoms. The maximum atomic E-state index is 12.4. The first-order chi connectivity index (χ1) is 9.97. The average Bonchev–Trinajstić information content (AvgIpc) is 3.00. The summed E-state index contributed by atoms with van der Waals surface area (Å²) in [7, 11) is -3.65. The standard InChI is InChI=1S/C12H14BrN5O2S/c1-8(12-16-15-11-3-2-4-18(11)12)17-21(19,20)10-5-9(13)6-14-7-10/h5-8,17H,2-4H2,1H3. The van der Waals surface area contributed by atoms with E-state index in [9.17, 15) is 8.42 Å². The minimum absolute atomic E-state index is 0.116. The number of hydrogen-bond donors (Lipinski definition) is 1. The molecule has 1 aliphatic rings.